The van der Waals surface area contributed by atoms with Crippen molar-refractivity contribution in [3.8, 4) is 0 Å². The number of allylic oxidation sites excluding steroid dienone is 3. The van der Waals surface area contributed by atoms with E-state index in [2.05, 4.69) is 0 Å². The highest BCUT2D eigenvalue weighted by Gasteiger charge is 2.41. The summed E-state index contributed by atoms with van der Waals surface area (Å²) >= 11 is 0. The summed E-state index contributed by atoms with van der Waals surface area (Å²) < 4.78 is 0. The third-order valence-electron chi connectivity index (χ3n) is 5.22. The van der Waals surface area contributed by atoms with E-state index in [0.717, 1.165) is 16.7 Å². The van der Waals surface area contributed by atoms with E-state index in [9.17, 15) is 10.2 Å². The van der Waals surface area contributed by atoms with Crippen LogP contribution in [0.1, 0.15) is 16.7 Å². The zero-order valence-electron chi connectivity index (χ0n) is 15.4. The Labute approximate surface area is 165 Å². The van der Waals surface area contributed by atoms with E-state index in [1.165, 1.54) is 0 Å². The highest BCUT2D eigenvalue weighted by molar-refractivity contribution is 5.67. The van der Waals surface area contributed by atoms with Crippen LogP contribution in [-0.4, -0.2) is 10.2 Å². The fourth-order valence-electron chi connectivity index (χ4n) is 3.81. The van der Waals surface area contributed by atoms with Crippen LogP contribution < -0.4 is 0 Å². The van der Waals surface area contributed by atoms with Crippen LogP contribution in [0.25, 0.3) is 5.76 Å². The maximum atomic E-state index is 12.1. The minimum absolute atomic E-state index is 0.177. The lowest BCUT2D eigenvalue weighted by molar-refractivity contribution is 0.0504. The second-order valence-corrected chi connectivity index (χ2v) is 6.89. The number of aliphatic hydroxyl groups excluding tert-OH is 1. The first-order valence-electron chi connectivity index (χ1n) is 9.38. The largest absolute Gasteiger partial charge is 0.507 e. The van der Waals surface area contributed by atoms with E-state index in [1.807, 2.05) is 115 Å². The van der Waals surface area contributed by atoms with Crippen molar-refractivity contribution in [2.45, 2.75) is 5.60 Å². The second-order valence-electron chi connectivity index (χ2n) is 6.89. The van der Waals surface area contributed by atoms with E-state index in [1.54, 1.807) is 0 Å². The van der Waals surface area contributed by atoms with Crippen LogP contribution >= 0.6 is 0 Å². The molecule has 0 saturated heterocycles. The van der Waals surface area contributed by atoms with Gasteiger partial charge in [-0.3, -0.25) is 0 Å². The highest BCUT2D eigenvalue weighted by Crippen LogP contribution is 2.44. The van der Waals surface area contributed by atoms with E-state index in [-0.39, 0.29) is 5.76 Å². The Morgan fingerprint density at radius 2 is 1.18 bits per heavy atom. The van der Waals surface area contributed by atoms with Gasteiger partial charge in [-0.1, -0.05) is 115 Å². The smallest absolute Gasteiger partial charge is 0.126 e. The lowest BCUT2D eigenvalue weighted by Crippen LogP contribution is -2.37. The molecule has 2 nitrogen and oxygen atoms in total. The Bertz CT molecular complexity index is 976. The van der Waals surface area contributed by atoms with Gasteiger partial charge in [-0.2, -0.15) is 0 Å². The van der Waals surface area contributed by atoms with Crippen LogP contribution in [0.4, 0.5) is 0 Å². The summed E-state index contributed by atoms with van der Waals surface area (Å²) in [6.07, 6.45) is 7.64. The van der Waals surface area contributed by atoms with Gasteiger partial charge in [0, 0.05) is 17.1 Å². The molecule has 3 aromatic carbocycles. The number of aliphatic hydroxyl groups is 2. The predicted octanol–water partition coefficient (Wildman–Crippen LogP) is 5.63. The Balaban J connectivity index is 1.93. The molecule has 0 heterocycles. The zero-order chi connectivity index (χ0) is 19.4. The third-order valence-corrected chi connectivity index (χ3v) is 5.22. The van der Waals surface area contributed by atoms with Crippen molar-refractivity contribution in [3.63, 3.8) is 0 Å². The number of hydrogen-bond donors (Lipinski definition) is 2. The van der Waals surface area contributed by atoms with E-state index in [0.29, 0.717) is 5.57 Å². The highest BCUT2D eigenvalue weighted by atomic mass is 16.3. The molecule has 0 saturated carbocycles. The quantitative estimate of drug-likeness (QED) is 0.587. The third kappa shape index (κ3) is 3.19. The summed E-state index contributed by atoms with van der Waals surface area (Å²) in [6.45, 7) is 0. The first-order valence-corrected chi connectivity index (χ1v) is 9.38. The van der Waals surface area contributed by atoms with Crippen molar-refractivity contribution in [3.05, 3.63) is 138 Å². The van der Waals surface area contributed by atoms with Crippen LogP contribution in [0, 0.1) is 5.92 Å². The van der Waals surface area contributed by atoms with Gasteiger partial charge in [0.15, 0.2) is 0 Å². The first-order chi connectivity index (χ1) is 13.7. The van der Waals surface area contributed by atoms with Gasteiger partial charge >= 0.3 is 0 Å². The summed E-state index contributed by atoms with van der Waals surface area (Å²) in [4.78, 5) is 0. The molecule has 2 heteroatoms. The molecule has 1 aliphatic rings. The average Bonchev–Trinajstić information content (AvgIpc) is 2.80. The molecule has 0 bridgehead atoms. The molecule has 3 aromatic rings. The van der Waals surface area contributed by atoms with Crippen molar-refractivity contribution < 1.29 is 10.2 Å². The minimum Gasteiger partial charge on any atom is -0.507 e. The van der Waals surface area contributed by atoms with Gasteiger partial charge in [-0.25, -0.2) is 0 Å². The van der Waals surface area contributed by atoms with Gasteiger partial charge in [0.2, 0.25) is 0 Å². The Hall–Kier alpha value is -3.36. The maximum absolute atomic E-state index is 12.1. The molecule has 0 aliphatic heterocycles. The maximum Gasteiger partial charge on any atom is 0.126 e. The van der Waals surface area contributed by atoms with Gasteiger partial charge in [-0.15, -0.1) is 0 Å². The molecule has 0 fully saturated rings. The van der Waals surface area contributed by atoms with Crippen LogP contribution in [0.5, 0.6) is 0 Å². The van der Waals surface area contributed by atoms with Crippen LogP contribution in [0.15, 0.2) is 121 Å². The topological polar surface area (TPSA) is 40.5 Å². The summed E-state index contributed by atoms with van der Waals surface area (Å²) in [5.74, 6) is -0.265. The standard InChI is InChI=1S/C26H22O2/c27-25(20-12-4-1-5-13-20)23-18-10-11-19-24(23)26(28,21-14-6-2-7-15-21)22-16-8-3-9-17-22/h1-19,24,27-28H/b25-23-. The molecule has 138 valence electrons. The number of benzene rings is 3. The molecule has 0 aromatic heterocycles. The molecular weight excluding hydrogens is 344 g/mol. The average molecular weight is 366 g/mol. The van der Waals surface area contributed by atoms with Gasteiger partial charge < -0.3 is 10.2 Å². The molecule has 1 unspecified atom stereocenters. The van der Waals surface area contributed by atoms with Crippen molar-refractivity contribution in [1.29, 1.82) is 0 Å². The zero-order valence-corrected chi connectivity index (χ0v) is 15.4. The monoisotopic (exact) mass is 366 g/mol. The van der Waals surface area contributed by atoms with Crippen LogP contribution in [-0.2, 0) is 5.60 Å². The normalized spacial score (nSPS) is 18.1. The molecule has 0 spiro atoms. The number of hydrogen-bond acceptors (Lipinski definition) is 2. The van der Waals surface area contributed by atoms with Crippen molar-refractivity contribution in [2.24, 2.45) is 5.92 Å². The summed E-state index contributed by atoms with van der Waals surface area (Å²) in [5, 5.41) is 23.2. The van der Waals surface area contributed by atoms with Crippen molar-refractivity contribution >= 4 is 5.76 Å². The first kappa shape index (κ1) is 18.0. The van der Waals surface area contributed by atoms with Crippen molar-refractivity contribution in [2.75, 3.05) is 0 Å². The molecule has 1 aliphatic carbocycles. The molecule has 2 N–H and O–H groups in total. The summed E-state index contributed by atoms with van der Waals surface area (Å²) in [6, 6.07) is 28.7. The Kier molecular flexibility index (Phi) is 4.96. The lowest BCUT2D eigenvalue weighted by atomic mass is 9.71. The lowest BCUT2D eigenvalue weighted by Gasteiger charge is -2.37. The summed E-state index contributed by atoms with van der Waals surface area (Å²) in [5.41, 5.74) is 1.66. The van der Waals surface area contributed by atoms with Gasteiger partial charge in [-0.05, 0) is 11.1 Å². The van der Waals surface area contributed by atoms with Crippen molar-refractivity contribution in [1.82, 2.24) is 0 Å². The van der Waals surface area contributed by atoms with Crippen LogP contribution in [0.2, 0.25) is 0 Å². The molecular formula is C26H22O2. The van der Waals surface area contributed by atoms with Gasteiger partial charge in [0.05, 0.1) is 0 Å². The molecule has 0 amide bonds. The summed E-state index contributed by atoms with van der Waals surface area (Å²) in [7, 11) is 0. The predicted molar refractivity (Wildman–Crippen MR) is 114 cm³/mol. The molecule has 0 radical (unpaired) electrons. The van der Waals surface area contributed by atoms with E-state index >= 15 is 0 Å². The fourth-order valence-corrected chi connectivity index (χ4v) is 3.81. The van der Waals surface area contributed by atoms with Gasteiger partial charge in [0.25, 0.3) is 0 Å². The fraction of sp³-hybridized carbons (Fsp3) is 0.0769. The molecule has 4 rings (SSSR count). The Morgan fingerprint density at radius 3 is 1.71 bits per heavy atom. The molecule has 1 atom stereocenters. The second kappa shape index (κ2) is 7.71. The Morgan fingerprint density at radius 1 is 0.679 bits per heavy atom. The van der Waals surface area contributed by atoms with Gasteiger partial charge in [0.1, 0.15) is 11.4 Å². The SMILES string of the molecule is O/C(=C1/C=CC=CC1C(O)(c1ccccc1)c1ccccc1)c1ccccc1. The number of rotatable bonds is 4. The minimum atomic E-state index is -1.32. The van der Waals surface area contributed by atoms with E-state index in [4.69, 9.17) is 0 Å². The molecule has 28 heavy (non-hydrogen) atoms. The van der Waals surface area contributed by atoms with E-state index < -0.39 is 11.5 Å². The van der Waals surface area contributed by atoms with Crippen LogP contribution in [0.3, 0.4) is 0 Å².